The first kappa shape index (κ1) is 14.4. The first-order valence-corrected chi connectivity index (χ1v) is 8.34. The number of aromatic nitrogens is 1. The van der Waals surface area contributed by atoms with Crippen LogP contribution in [0.25, 0.3) is 10.9 Å². The molecule has 1 unspecified atom stereocenters. The van der Waals surface area contributed by atoms with Crippen molar-refractivity contribution in [3.63, 3.8) is 0 Å². The highest BCUT2D eigenvalue weighted by Crippen LogP contribution is 2.32. The Bertz CT molecular complexity index is 745. The average Bonchev–Trinajstić information content (AvgIpc) is 3.11. The van der Waals surface area contributed by atoms with Crippen molar-refractivity contribution in [2.75, 3.05) is 44.2 Å². The zero-order chi connectivity index (χ0) is 15.6. The Morgan fingerprint density at radius 3 is 2.83 bits per heavy atom. The Labute approximate surface area is 136 Å². The van der Waals surface area contributed by atoms with Crippen molar-refractivity contribution in [3.05, 3.63) is 36.0 Å². The quantitative estimate of drug-likeness (QED) is 0.913. The fraction of sp³-hybridized carbons (Fsp3) is 0.444. The minimum atomic E-state index is 0.593. The molecule has 2 aromatic rings. The molecule has 0 amide bonds. The number of hydrogen-bond acceptors (Lipinski definition) is 5. The zero-order valence-electron chi connectivity index (χ0n) is 13.2. The maximum Gasteiger partial charge on any atom is 0.103 e. The normalized spacial score (nSPS) is 22.4. The van der Waals surface area contributed by atoms with E-state index in [1.165, 1.54) is 6.42 Å². The van der Waals surface area contributed by atoms with Gasteiger partial charge in [-0.3, -0.25) is 9.88 Å². The van der Waals surface area contributed by atoms with Crippen molar-refractivity contribution >= 4 is 16.6 Å². The maximum atomic E-state index is 9.52. The molecule has 0 saturated carbocycles. The van der Waals surface area contributed by atoms with Crippen LogP contribution in [-0.2, 0) is 0 Å². The Morgan fingerprint density at radius 2 is 2.00 bits per heavy atom. The lowest BCUT2D eigenvalue weighted by Crippen LogP contribution is -2.49. The molecule has 1 aromatic carbocycles. The van der Waals surface area contributed by atoms with Crippen LogP contribution in [0.3, 0.4) is 0 Å². The molecule has 3 heterocycles. The summed E-state index contributed by atoms with van der Waals surface area (Å²) in [5.41, 5.74) is 2.72. The number of anilines is 1. The molecule has 1 N–H and O–H groups in total. The molecular formula is C18H21N5. The number of piperazine rings is 1. The highest BCUT2D eigenvalue weighted by molar-refractivity contribution is 5.94. The number of pyridine rings is 1. The SMILES string of the molecule is N#Cc1cnc2ccccc2c1N1CCC(N2CCNCC2)C1. The first-order chi connectivity index (χ1) is 11.4. The van der Waals surface area contributed by atoms with Gasteiger partial charge in [-0.2, -0.15) is 5.26 Å². The highest BCUT2D eigenvalue weighted by atomic mass is 15.3. The fourth-order valence-corrected chi connectivity index (χ4v) is 3.84. The van der Waals surface area contributed by atoms with E-state index < -0.39 is 0 Å². The monoisotopic (exact) mass is 307 g/mol. The highest BCUT2D eigenvalue weighted by Gasteiger charge is 2.30. The number of hydrogen-bond donors (Lipinski definition) is 1. The summed E-state index contributed by atoms with van der Waals surface area (Å²) in [6.07, 6.45) is 2.89. The van der Waals surface area contributed by atoms with Crippen molar-refractivity contribution < 1.29 is 0 Å². The molecule has 2 aliphatic rings. The molecule has 1 atom stereocenters. The van der Waals surface area contributed by atoms with E-state index in [1.807, 2.05) is 18.2 Å². The Morgan fingerprint density at radius 1 is 1.17 bits per heavy atom. The van der Waals surface area contributed by atoms with Crippen molar-refractivity contribution in [1.82, 2.24) is 15.2 Å². The van der Waals surface area contributed by atoms with Crippen LogP contribution in [0.1, 0.15) is 12.0 Å². The summed E-state index contributed by atoms with van der Waals surface area (Å²) in [4.78, 5) is 9.40. The van der Waals surface area contributed by atoms with Gasteiger partial charge in [0.2, 0.25) is 0 Å². The second kappa shape index (κ2) is 6.15. The van der Waals surface area contributed by atoms with Crippen LogP contribution in [0, 0.1) is 11.3 Å². The Hall–Kier alpha value is -2.16. The van der Waals surface area contributed by atoms with Gasteiger partial charge in [0, 0.05) is 56.9 Å². The Balaban J connectivity index is 1.65. The van der Waals surface area contributed by atoms with Gasteiger partial charge in [0.25, 0.3) is 0 Å². The molecule has 0 aliphatic carbocycles. The van der Waals surface area contributed by atoms with Crippen LogP contribution in [0.2, 0.25) is 0 Å². The molecule has 23 heavy (non-hydrogen) atoms. The van der Waals surface area contributed by atoms with Crippen LogP contribution in [0.15, 0.2) is 30.5 Å². The van der Waals surface area contributed by atoms with Gasteiger partial charge in [-0.05, 0) is 12.5 Å². The van der Waals surface area contributed by atoms with Gasteiger partial charge in [-0.25, -0.2) is 0 Å². The number of benzene rings is 1. The minimum Gasteiger partial charge on any atom is -0.368 e. The summed E-state index contributed by atoms with van der Waals surface area (Å²) in [5, 5.41) is 14.0. The van der Waals surface area contributed by atoms with E-state index in [4.69, 9.17) is 0 Å². The molecule has 0 radical (unpaired) electrons. The zero-order valence-corrected chi connectivity index (χ0v) is 13.2. The number of nitrogens with one attached hydrogen (secondary N) is 1. The minimum absolute atomic E-state index is 0.593. The Kier molecular flexibility index (Phi) is 3.86. The lowest BCUT2D eigenvalue weighted by atomic mass is 10.1. The van der Waals surface area contributed by atoms with Gasteiger partial charge in [-0.15, -0.1) is 0 Å². The van der Waals surface area contributed by atoms with E-state index in [0.29, 0.717) is 11.6 Å². The van der Waals surface area contributed by atoms with Crippen molar-refractivity contribution in [2.45, 2.75) is 12.5 Å². The van der Waals surface area contributed by atoms with Crippen LogP contribution < -0.4 is 10.2 Å². The third-order valence-electron chi connectivity index (χ3n) is 5.02. The standard InChI is InChI=1S/C18H21N5/c19-11-14-12-21-17-4-2-1-3-16(17)18(14)23-8-5-15(13-23)22-9-6-20-7-10-22/h1-4,12,15,20H,5-10,13H2. The summed E-state index contributed by atoms with van der Waals surface area (Å²) in [6, 6.07) is 11.0. The molecule has 5 nitrogen and oxygen atoms in total. The second-order valence-electron chi connectivity index (χ2n) is 6.32. The smallest absolute Gasteiger partial charge is 0.103 e. The van der Waals surface area contributed by atoms with E-state index in [0.717, 1.165) is 55.9 Å². The predicted octanol–water partition coefficient (Wildman–Crippen LogP) is 1.59. The van der Waals surface area contributed by atoms with E-state index in [2.05, 4.69) is 32.2 Å². The lowest BCUT2D eigenvalue weighted by molar-refractivity contribution is 0.185. The number of nitriles is 1. The largest absolute Gasteiger partial charge is 0.368 e. The van der Waals surface area contributed by atoms with Gasteiger partial charge in [0.15, 0.2) is 0 Å². The summed E-state index contributed by atoms with van der Waals surface area (Å²) in [7, 11) is 0. The molecule has 5 heteroatoms. The van der Waals surface area contributed by atoms with Gasteiger partial charge in [0.1, 0.15) is 6.07 Å². The van der Waals surface area contributed by atoms with Crippen molar-refractivity contribution in [2.24, 2.45) is 0 Å². The maximum absolute atomic E-state index is 9.52. The predicted molar refractivity (Wildman–Crippen MR) is 91.5 cm³/mol. The summed E-state index contributed by atoms with van der Waals surface area (Å²) >= 11 is 0. The molecule has 2 aliphatic heterocycles. The molecule has 0 bridgehead atoms. The van der Waals surface area contributed by atoms with E-state index in [1.54, 1.807) is 6.20 Å². The van der Waals surface area contributed by atoms with Gasteiger partial charge in [0.05, 0.1) is 16.8 Å². The third-order valence-corrected chi connectivity index (χ3v) is 5.02. The van der Waals surface area contributed by atoms with E-state index in [-0.39, 0.29) is 0 Å². The van der Waals surface area contributed by atoms with E-state index in [9.17, 15) is 5.26 Å². The van der Waals surface area contributed by atoms with Crippen LogP contribution >= 0.6 is 0 Å². The molecule has 4 rings (SSSR count). The summed E-state index contributed by atoms with van der Waals surface area (Å²) in [6.45, 7) is 6.43. The number of fused-ring (bicyclic) bond motifs is 1. The van der Waals surface area contributed by atoms with Crippen LogP contribution in [0.4, 0.5) is 5.69 Å². The van der Waals surface area contributed by atoms with Gasteiger partial charge >= 0.3 is 0 Å². The number of nitrogens with zero attached hydrogens (tertiary/aromatic N) is 4. The summed E-state index contributed by atoms with van der Waals surface area (Å²) in [5.74, 6) is 0. The van der Waals surface area contributed by atoms with Crippen molar-refractivity contribution in [1.29, 1.82) is 5.26 Å². The molecule has 2 fully saturated rings. The van der Waals surface area contributed by atoms with Crippen LogP contribution in [-0.4, -0.2) is 55.2 Å². The average molecular weight is 307 g/mol. The van der Waals surface area contributed by atoms with Crippen molar-refractivity contribution in [3.8, 4) is 6.07 Å². The molecular weight excluding hydrogens is 286 g/mol. The topological polar surface area (TPSA) is 55.2 Å². The number of rotatable bonds is 2. The first-order valence-electron chi connectivity index (χ1n) is 8.34. The van der Waals surface area contributed by atoms with Crippen LogP contribution in [0.5, 0.6) is 0 Å². The van der Waals surface area contributed by atoms with E-state index >= 15 is 0 Å². The molecule has 0 spiro atoms. The molecule has 118 valence electrons. The fourth-order valence-electron chi connectivity index (χ4n) is 3.84. The second-order valence-corrected chi connectivity index (χ2v) is 6.32. The third kappa shape index (κ3) is 2.65. The van der Waals surface area contributed by atoms with Gasteiger partial charge in [-0.1, -0.05) is 18.2 Å². The number of para-hydroxylation sites is 1. The lowest BCUT2D eigenvalue weighted by Gasteiger charge is -2.33. The summed E-state index contributed by atoms with van der Waals surface area (Å²) < 4.78 is 0. The molecule has 2 saturated heterocycles. The van der Waals surface area contributed by atoms with Gasteiger partial charge < -0.3 is 10.2 Å². The molecule has 1 aromatic heterocycles.